The van der Waals surface area contributed by atoms with Crippen LogP contribution in [-0.2, 0) is 0 Å². The fraction of sp³-hybridized carbons (Fsp3) is 0.263. The van der Waals surface area contributed by atoms with Crippen molar-refractivity contribution in [2.24, 2.45) is 0 Å². The fourth-order valence-corrected chi connectivity index (χ4v) is 3.14. The van der Waals surface area contributed by atoms with Crippen molar-refractivity contribution < 1.29 is 9.47 Å². The molecule has 0 fully saturated rings. The van der Waals surface area contributed by atoms with E-state index in [9.17, 15) is 0 Å². The Morgan fingerprint density at radius 3 is 2.73 bits per heavy atom. The van der Waals surface area contributed by atoms with Crippen molar-refractivity contribution in [1.82, 2.24) is 4.98 Å². The molecule has 3 nitrogen and oxygen atoms in total. The summed E-state index contributed by atoms with van der Waals surface area (Å²) in [5, 5.41) is 2.39. The lowest BCUT2D eigenvalue weighted by molar-refractivity contribution is 0.161. The molecule has 0 amide bonds. The minimum atomic E-state index is -0.286. The molecule has 1 N–H and O–H groups in total. The van der Waals surface area contributed by atoms with Gasteiger partial charge in [0.15, 0.2) is 5.75 Å². The number of H-pyrrole nitrogens is 1. The first kappa shape index (κ1) is 13.3. The van der Waals surface area contributed by atoms with Gasteiger partial charge in [-0.2, -0.15) is 0 Å². The van der Waals surface area contributed by atoms with Crippen LogP contribution in [0.25, 0.3) is 27.9 Å². The van der Waals surface area contributed by atoms with Gasteiger partial charge in [0.05, 0.1) is 18.1 Å². The molecule has 0 unspecified atom stereocenters. The molecule has 112 valence electrons. The summed E-state index contributed by atoms with van der Waals surface area (Å²) in [4.78, 5) is 3.51. The van der Waals surface area contributed by atoms with Gasteiger partial charge in [-0.15, -0.1) is 0 Å². The summed E-state index contributed by atoms with van der Waals surface area (Å²) in [6.45, 7) is 6.21. The first-order valence-electron chi connectivity index (χ1n) is 7.50. The van der Waals surface area contributed by atoms with E-state index in [-0.39, 0.29) is 5.60 Å². The number of fused-ring (bicyclic) bond motifs is 5. The van der Waals surface area contributed by atoms with E-state index in [0.717, 1.165) is 33.7 Å². The molecule has 1 aliphatic heterocycles. The second-order valence-electron chi connectivity index (χ2n) is 6.44. The summed E-state index contributed by atoms with van der Waals surface area (Å²) in [6, 6.07) is 8.51. The molecule has 0 radical (unpaired) electrons. The molecule has 0 spiro atoms. The van der Waals surface area contributed by atoms with Crippen molar-refractivity contribution >= 4 is 27.9 Å². The normalized spacial score (nSPS) is 15.8. The predicted molar refractivity (Wildman–Crippen MR) is 90.8 cm³/mol. The zero-order valence-corrected chi connectivity index (χ0v) is 13.3. The highest BCUT2D eigenvalue weighted by atomic mass is 16.5. The van der Waals surface area contributed by atoms with Crippen LogP contribution in [0.15, 0.2) is 30.3 Å². The minimum Gasteiger partial charge on any atom is -0.496 e. The number of aromatic nitrogens is 1. The van der Waals surface area contributed by atoms with E-state index in [1.54, 1.807) is 7.11 Å². The molecule has 0 saturated carbocycles. The number of aromatic amines is 1. The van der Waals surface area contributed by atoms with Gasteiger partial charge < -0.3 is 14.5 Å². The summed E-state index contributed by atoms with van der Waals surface area (Å²) in [5.41, 5.74) is 4.09. The van der Waals surface area contributed by atoms with E-state index < -0.39 is 0 Å². The maximum Gasteiger partial charge on any atom is 0.151 e. The van der Waals surface area contributed by atoms with E-state index in [2.05, 4.69) is 62.2 Å². The molecule has 22 heavy (non-hydrogen) atoms. The van der Waals surface area contributed by atoms with Gasteiger partial charge in [-0.1, -0.05) is 18.2 Å². The van der Waals surface area contributed by atoms with Crippen molar-refractivity contribution in [3.63, 3.8) is 0 Å². The molecule has 2 heterocycles. The van der Waals surface area contributed by atoms with Crippen molar-refractivity contribution in [3.05, 3.63) is 41.5 Å². The number of rotatable bonds is 1. The lowest BCUT2D eigenvalue weighted by Gasteiger charge is -2.28. The van der Waals surface area contributed by atoms with E-state index in [1.165, 1.54) is 10.8 Å². The van der Waals surface area contributed by atoms with Gasteiger partial charge in [0, 0.05) is 22.4 Å². The fourth-order valence-electron chi connectivity index (χ4n) is 3.14. The summed E-state index contributed by atoms with van der Waals surface area (Å²) in [5.74, 6) is 1.83. The van der Waals surface area contributed by atoms with Gasteiger partial charge in [-0.25, -0.2) is 0 Å². The second-order valence-corrected chi connectivity index (χ2v) is 6.44. The van der Waals surface area contributed by atoms with Gasteiger partial charge in [0.1, 0.15) is 11.4 Å². The number of hydrogen-bond acceptors (Lipinski definition) is 2. The number of methoxy groups -OCH3 is 1. The van der Waals surface area contributed by atoms with Crippen LogP contribution in [-0.4, -0.2) is 17.7 Å². The molecule has 0 saturated heterocycles. The molecule has 3 heteroatoms. The minimum absolute atomic E-state index is 0.286. The number of nitrogens with one attached hydrogen (secondary N) is 1. The van der Waals surface area contributed by atoms with Gasteiger partial charge in [0.25, 0.3) is 0 Å². The lowest BCUT2D eigenvalue weighted by atomic mass is 10.0. The average Bonchev–Trinajstić information content (AvgIpc) is 2.83. The van der Waals surface area contributed by atoms with Crippen molar-refractivity contribution in [2.45, 2.75) is 26.4 Å². The zero-order chi connectivity index (χ0) is 15.5. The molecule has 0 aliphatic carbocycles. The number of aryl methyl sites for hydroxylation is 1. The highest BCUT2D eigenvalue weighted by Crippen LogP contribution is 2.40. The van der Waals surface area contributed by atoms with Crippen molar-refractivity contribution in [1.29, 1.82) is 0 Å². The zero-order valence-electron chi connectivity index (χ0n) is 13.3. The number of ether oxygens (including phenoxy) is 2. The van der Waals surface area contributed by atoms with Crippen LogP contribution in [0.1, 0.15) is 25.0 Å². The van der Waals surface area contributed by atoms with Crippen LogP contribution in [0.5, 0.6) is 11.5 Å². The van der Waals surface area contributed by atoms with Crippen LogP contribution >= 0.6 is 0 Å². The topological polar surface area (TPSA) is 34.2 Å². The molecule has 1 aliphatic rings. The maximum atomic E-state index is 6.20. The number of hydrogen-bond donors (Lipinski definition) is 1. The average molecular weight is 293 g/mol. The van der Waals surface area contributed by atoms with Crippen LogP contribution in [0, 0.1) is 6.92 Å². The summed E-state index contributed by atoms with van der Waals surface area (Å²) >= 11 is 0. The largest absolute Gasteiger partial charge is 0.496 e. The van der Waals surface area contributed by atoms with Crippen molar-refractivity contribution in [2.75, 3.05) is 7.11 Å². The smallest absolute Gasteiger partial charge is 0.151 e. The van der Waals surface area contributed by atoms with E-state index in [4.69, 9.17) is 9.47 Å². The van der Waals surface area contributed by atoms with Crippen LogP contribution in [0.3, 0.4) is 0 Å². The molecule has 1 aromatic heterocycles. The van der Waals surface area contributed by atoms with Gasteiger partial charge in [-0.05, 0) is 38.5 Å². The standard InChI is InChI=1S/C19H19NO2/c1-11-9-14-13-6-5-12-7-8-19(2,3)22-18(12)17(13)20-15(14)10-16(11)21-4/h5-10,20H,1-4H3. The van der Waals surface area contributed by atoms with Gasteiger partial charge in [0.2, 0.25) is 0 Å². The van der Waals surface area contributed by atoms with Gasteiger partial charge >= 0.3 is 0 Å². The molecule has 0 atom stereocenters. The molecule has 0 bridgehead atoms. The molecule has 2 aromatic carbocycles. The summed E-state index contributed by atoms with van der Waals surface area (Å²) < 4.78 is 11.6. The van der Waals surface area contributed by atoms with Gasteiger partial charge in [-0.3, -0.25) is 0 Å². The molecule has 4 rings (SSSR count). The Morgan fingerprint density at radius 2 is 1.95 bits per heavy atom. The Kier molecular flexibility index (Phi) is 2.59. The number of benzene rings is 2. The first-order valence-corrected chi connectivity index (χ1v) is 7.50. The SMILES string of the molecule is COc1cc2[nH]c3c4c(ccc3c2cc1C)C=CC(C)(C)O4. The van der Waals surface area contributed by atoms with Crippen molar-refractivity contribution in [3.8, 4) is 11.5 Å². The maximum absolute atomic E-state index is 6.20. The lowest BCUT2D eigenvalue weighted by Crippen LogP contribution is -2.27. The monoisotopic (exact) mass is 293 g/mol. The molecular formula is C19H19NO2. The second kappa shape index (κ2) is 4.29. The predicted octanol–water partition coefficient (Wildman–Crippen LogP) is 4.82. The Hall–Kier alpha value is -2.42. The van der Waals surface area contributed by atoms with E-state index in [1.807, 2.05) is 0 Å². The highest BCUT2D eigenvalue weighted by Gasteiger charge is 2.24. The highest BCUT2D eigenvalue weighted by molar-refractivity contribution is 6.10. The Morgan fingerprint density at radius 1 is 1.14 bits per heavy atom. The Balaban J connectivity index is 2.06. The third kappa shape index (κ3) is 1.82. The first-order chi connectivity index (χ1) is 10.5. The van der Waals surface area contributed by atoms with E-state index >= 15 is 0 Å². The van der Waals surface area contributed by atoms with Crippen LogP contribution in [0.4, 0.5) is 0 Å². The van der Waals surface area contributed by atoms with Crippen LogP contribution in [0.2, 0.25) is 0 Å². The summed E-state index contributed by atoms with van der Waals surface area (Å²) in [7, 11) is 1.70. The third-order valence-corrected chi connectivity index (χ3v) is 4.30. The molecule has 3 aromatic rings. The third-order valence-electron chi connectivity index (χ3n) is 4.30. The quantitative estimate of drug-likeness (QED) is 0.698. The summed E-state index contributed by atoms with van der Waals surface area (Å²) in [6.07, 6.45) is 4.23. The van der Waals surface area contributed by atoms with E-state index in [0.29, 0.717) is 0 Å². The molecular weight excluding hydrogens is 274 g/mol. The Labute approximate surface area is 129 Å². The van der Waals surface area contributed by atoms with Crippen LogP contribution < -0.4 is 9.47 Å². The Bertz CT molecular complexity index is 932.